The molecule has 1 amide bonds. The summed E-state index contributed by atoms with van der Waals surface area (Å²) in [6.07, 6.45) is 1.66. The summed E-state index contributed by atoms with van der Waals surface area (Å²) < 4.78 is 1.02. The summed E-state index contributed by atoms with van der Waals surface area (Å²) in [6, 6.07) is 7.82. The van der Waals surface area contributed by atoms with Crippen LogP contribution in [0.25, 0.3) is 11.4 Å². The van der Waals surface area contributed by atoms with Gasteiger partial charge in [0.15, 0.2) is 6.67 Å². The van der Waals surface area contributed by atoms with E-state index in [4.69, 9.17) is 5.73 Å². The van der Waals surface area contributed by atoms with E-state index in [1.54, 1.807) is 4.80 Å². The third-order valence-electron chi connectivity index (χ3n) is 4.02. The molecule has 116 valence electrons. The number of hydrogen-bond acceptors (Lipinski definition) is 4. The van der Waals surface area contributed by atoms with Gasteiger partial charge in [0, 0.05) is 28.8 Å². The Labute approximate surface area is 136 Å². The molecule has 3 rings (SSSR count). The van der Waals surface area contributed by atoms with E-state index >= 15 is 0 Å². The number of nitrogens with zero attached hydrogens (tertiary/aromatic N) is 4. The van der Waals surface area contributed by atoms with Crippen molar-refractivity contribution in [1.82, 2.24) is 20.2 Å². The number of piperidine rings is 1. The lowest BCUT2D eigenvalue weighted by Gasteiger charge is -2.26. The second-order valence-electron chi connectivity index (χ2n) is 5.58. The van der Waals surface area contributed by atoms with Gasteiger partial charge in [0.25, 0.3) is 0 Å². The van der Waals surface area contributed by atoms with Crippen LogP contribution in [0.1, 0.15) is 12.8 Å². The molecule has 2 aromatic rings. The molecule has 22 heavy (non-hydrogen) atoms. The smallest absolute Gasteiger partial charge is 0.220 e. The Balaban J connectivity index is 1.60. The number of tetrazole rings is 1. The van der Waals surface area contributed by atoms with Crippen molar-refractivity contribution in [3.05, 3.63) is 28.7 Å². The van der Waals surface area contributed by atoms with Crippen molar-refractivity contribution in [2.24, 2.45) is 11.7 Å². The number of primary amides is 1. The summed E-state index contributed by atoms with van der Waals surface area (Å²) in [5, 5.41) is 12.6. The van der Waals surface area contributed by atoms with Crippen LogP contribution in [0.4, 0.5) is 0 Å². The molecular formula is C14H18BrN6O+. The number of halogens is 1. The Bertz CT molecular complexity index is 648. The van der Waals surface area contributed by atoms with Crippen LogP contribution in [-0.2, 0) is 11.5 Å². The maximum Gasteiger partial charge on any atom is 0.220 e. The average molecular weight is 366 g/mol. The van der Waals surface area contributed by atoms with Gasteiger partial charge in [0.05, 0.1) is 13.1 Å². The SMILES string of the molecule is NC(=O)C1CC[NH+](Cn2nnc(-c3ccc(Br)cc3)n2)CC1. The molecule has 8 heteroatoms. The number of quaternary nitrogens is 1. The number of nitrogens with one attached hydrogen (secondary N) is 1. The quantitative estimate of drug-likeness (QED) is 0.787. The van der Waals surface area contributed by atoms with Gasteiger partial charge >= 0.3 is 0 Å². The zero-order valence-electron chi connectivity index (χ0n) is 12.1. The molecule has 0 aliphatic carbocycles. The van der Waals surface area contributed by atoms with Crippen LogP contribution in [0.5, 0.6) is 0 Å². The van der Waals surface area contributed by atoms with Crippen LogP contribution in [-0.4, -0.2) is 39.2 Å². The number of hydrogen-bond donors (Lipinski definition) is 2. The molecule has 0 bridgehead atoms. The Morgan fingerprint density at radius 1 is 1.32 bits per heavy atom. The molecule has 0 unspecified atom stereocenters. The van der Waals surface area contributed by atoms with Gasteiger partial charge in [-0.15, -0.1) is 15.0 Å². The first-order valence-electron chi connectivity index (χ1n) is 7.28. The van der Waals surface area contributed by atoms with Crippen LogP contribution in [0.15, 0.2) is 28.7 Å². The molecule has 0 saturated carbocycles. The number of nitrogens with two attached hydrogens (primary N) is 1. The first-order valence-corrected chi connectivity index (χ1v) is 8.08. The van der Waals surface area contributed by atoms with Gasteiger partial charge in [0.2, 0.25) is 11.7 Å². The van der Waals surface area contributed by atoms with E-state index in [0.717, 1.165) is 36.0 Å². The molecule has 1 saturated heterocycles. The highest BCUT2D eigenvalue weighted by atomic mass is 79.9. The first kappa shape index (κ1) is 15.1. The fraction of sp³-hybridized carbons (Fsp3) is 0.429. The van der Waals surface area contributed by atoms with Crippen LogP contribution < -0.4 is 10.6 Å². The minimum atomic E-state index is -0.185. The number of benzene rings is 1. The number of likely N-dealkylation sites (tertiary alicyclic amines) is 1. The van der Waals surface area contributed by atoms with E-state index in [-0.39, 0.29) is 11.8 Å². The highest BCUT2D eigenvalue weighted by Gasteiger charge is 2.26. The van der Waals surface area contributed by atoms with E-state index in [1.807, 2.05) is 24.3 Å². The van der Waals surface area contributed by atoms with E-state index < -0.39 is 0 Å². The zero-order valence-corrected chi connectivity index (χ0v) is 13.7. The van der Waals surface area contributed by atoms with Gasteiger partial charge < -0.3 is 10.6 Å². The first-order chi connectivity index (χ1) is 10.6. The fourth-order valence-electron chi connectivity index (χ4n) is 2.69. The molecule has 0 radical (unpaired) electrons. The van der Waals surface area contributed by atoms with Gasteiger partial charge in [-0.25, -0.2) is 0 Å². The number of rotatable bonds is 4. The molecule has 2 heterocycles. The fourth-order valence-corrected chi connectivity index (χ4v) is 2.96. The van der Waals surface area contributed by atoms with Crippen LogP contribution in [0.2, 0.25) is 0 Å². The van der Waals surface area contributed by atoms with Gasteiger partial charge in [-0.1, -0.05) is 15.9 Å². The number of carbonyl (C=O) groups is 1. The molecule has 1 aliphatic heterocycles. The summed E-state index contributed by atoms with van der Waals surface area (Å²) in [5.74, 6) is 0.458. The van der Waals surface area contributed by atoms with Crippen molar-refractivity contribution in [3.8, 4) is 11.4 Å². The maximum absolute atomic E-state index is 11.2. The van der Waals surface area contributed by atoms with Gasteiger partial charge in [0.1, 0.15) is 0 Å². The van der Waals surface area contributed by atoms with Crippen molar-refractivity contribution >= 4 is 21.8 Å². The Kier molecular flexibility index (Phi) is 4.49. The Morgan fingerprint density at radius 3 is 2.64 bits per heavy atom. The molecule has 1 aromatic heterocycles. The maximum atomic E-state index is 11.2. The summed E-state index contributed by atoms with van der Waals surface area (Å²) >= 11 is 3.41. The monoisotopic (exact) mass is 365 g/mol. The molecular weight excluding hydrogens is 348 g/mol. The lowest BCUT2D eigenvalue weighted by atomic mass is 9.97. The second-order valence-corrected chi connectivity index (χ2v) is 6.49. The number of amides is 1. The molecule has 1 aliphatic rings. The lowest BCUT2D eigenvalue weighted by molar-refractivity contribution is -0.929. The molecule has 1 aromatic carbocycles. The predicted molar refractivity (Wildman–Crippen MR) is 83.6 cm³/mol. The van der Waals surface area contributed by atoms with Crippen LogP contribution in [0.3, 0.4) is 0 Å². The highest BCUT2D eigenvalue weighted by molar-refractivity contribution is 9.10. The normalized spacial score (nSPS) is 21.7. The molecule has 3 N–H and O–H groups in total. The van der Waals surface area contributed by atoms with Gasteiger partial charge in [-0.2, -0.15) is 0 Å². The number of aromatic nitrogens is 4. The van der Waals surface area contributed by atoms with Crippen LogP contribution >= 0.6 is 15.9 Å². The summed E-state index contributed by atoms with van der Waals surface area (Å²) in [5.41, 5.74) is 6.29. The van der Waals surface area contributed by atoms with E-state index in [2.05, 4.69) is 31.3 Å². The minimum Gasteiger partial charge on any atom is -0.369 e. The topological polar surface area (TPSA) is 91.1 Å². The van der Waals surface area contributed by atoms with Gasteiger partial charge in [-0.05, 0) is 29.5 Å². The summed E-state index contributed by atoms with van der Waals surface area (Å²) in [6.45, 7) is 2.47. The van der Waals surface area contributed by atoms with Gasteiger partial charge in [-0.3, -0.25) is 4.79 Å². The Hall–Kier alpha value is -1.80. The molecule has 0 atom stereocenters. The van der Waals surface area contributed by atoms with E-state index in [1.165, 1.54) is 4.90 Å². The standard InChI is InChI=1S/C14H17BrN6O/c15-12-3-1-11(2-4-12)14-17-19-21(18-14)9-20-7-5-10(6-8-20)13(16)22/h1-4,10H,5-9H2,(H2,16,22)/p+1. The third kappa shape index (κ3) is 3.50. The van der Waals surface area contributed by atoms with Crippen molar-refractivity contribution in [2.45, 2.75) is 19.5 Å². The van der Waals surface area contributed by atoms with Crippen molar-refractivity contribution in [3.63, 3.8) is 0 Å². The highest BCUT2D eigenvalue weighted by Crippen LogP contribution is 2.17. The second kappa shape index (κ2) is 6.53. The molecule has 7 nitrogen and oxygen atoms in total. The lowest BCUT2D eigenvalue weighted by Crippen LogP contribution is -3.12. The van der Waals surface area contributed by atoms with Crippen LogP contribution in [0, 0.1) is 5.92 Å². The van der Waals surface area contributed by atoms with Crippen molar-refractivity contribution in [1.29, 1.82) is 0 Å². The number of carbonyl (C=O) groups excluding carboxylic acids is 1. The third-order valence-corrected chi connectivity index (χ3v) is 4.54. The summed E-state index contributed by atoms with van der Waals surface area (Å²) in [4.78, 5) is 14.1. The predicted octanol–water partition coefficient (Wildman–Crippen LogP) is -0.160. The van der Waals surface area contributed by atoms with Crippen molar-refractivity contribution in [2.75, 3.05) is 13.1 Å². The molecule has 1 fully saturated rings. The van der Waals surface area contributed by atoms with E-state index in [0.29, 0.717) is 12.5 Å². The molecule has 0 spiro atoms. The van der Waals surface area contributed by atoms with Crippen molar-refractivity contribution < 1.29 is 9.69 Å². The Morgan fingerprint density at radius 2 is 2.00 bits per heavy atom. The minimum absolute atomic E-state index is 0.0192. The summed E-state index contributed by atoms with van der Waals surface area (Å²) in [7, 11) is 0. The average Bonchev–Trinajstić information content (AvgIpc) is 2.97. The van der Waals surface area contributed by atoms with E-state index in [9.17, 15) is 4.79 Å². The zero-order chi connectivity index (χ0) is 15.5. The largest absolute Gasteiger partial charge is 0.369 e.